The van der Waals surface area contributed by atoms with Gasteiger partial charge in [0, 0.05) is 24.8 Å². The number of nitrogens with zero attached hydrogens (tertiary/aromatic N) is 1. The molecule has 1 amide bonds. The van der Waals surface area contributed by atoms with Gasteiger partial charge in [-0.3, -0.25) is 9.69 Å². The first-order valence-electron chi connectivity index (χ1n) is 7.52. The summed E-state index contributed by atoms with van der Waals surface area (Å²) in [5.41, 5.74) is 0.739. The van der Waals surface area contributed by atoms with Gasteiger partial charge in [-0.1, -0.05) is 32.1 Å². The maximum atomic E-state index is 12.1. The van der Waals surface area contributed by atoms with Crippen LogP contribution in [0.5, 0.6) is 5.75 Å². The standard InChI is InChI=1S/C18H26N2O2/c1-5-10-20(11-6-2)13-18(21)19-16-8-7-9-17(12-16)22-14-15(3)4/h5-9,12,15H,1-2,10-11,13-14H2,3-4H3,(H,19,21). The first kappa shape index (κ1) is 18.0. The molecular weight excluding hydrogens is 276 g/mol. The summed E-state index contributed by atoms with van der Waals surface area (Å²) >= 11 is 0. The molecule has 1 N–H and O–H groups in total. The van der Waals surface area contributed by atoms with Crippen molar-refractivity contribution in [2.75, 3.05) is 31.6 Å². The van der Waals surface area contributed by atoms with E-state index >= 15 is 0 Å². The van der Waals surface area contributed by atoms with Crippen molar-refractivity contribution < 1.29 is 9.53 Å². The Morgan fingerprint density at radius 2 is 2.00 bits per heavy atom. The second-order valence-corrected chi connectivity index (χ2v) is 5.55. The quantitative estimate of drug-likeness (QED) is 0.674. The zero-order valence-corrected chi connectivity index (χ0v) is 13.5. The van der Waals surface area contributed by atoms with Gasteiger partial charge in [-0.25, -0.2) is 0 Å². The molecule has 0 atom stereocenters. The summed E-state index contributed by atoms with van der Waals surface area (Å²) in [5, 5.41) is 2.89. The number of benzene rings is 1. The predicted octanol–water partition coefficient (Wildman–Crippen LogP) is 3.33. The van der Waals surface area contributed by atoms with Gasteiger partial charge < -0.3 is 10.1 Å². The van der Waals surface area contributed by atoms with E-state index in [4.69, 9.17) is 4.74 Å². The minimum Gasteiger partial charge on any atom is -0.493 e. The molecule has 0 radical (unpaired) electrons. The van der Waals surface area contributed by atoms with E-state index in [2.05, 4.69) is 32.3 Å². The van der Waals surface area contributed by atoms with Gasteiger partial charge in [0.1, 0.15) is 5.75 Å². The molecule has 0 aliphatic heterocycles. The Kier molecular flexibility index (Phi) is 8.00. The fourth-order valence-electron chi connectivity index (χ4n) is 1.90. The summed E-state index contributed by atoms with van der Waals surface area (Å²) in [4.78, 5) is 14.0. The highest BCUT2D eigenvalue weighted by Gasteiger charge is 2.09. The SMILES string of the molecule is C=CCN(CC=C)CC(=O)Nc1cccc(OCC(C)C)c1. The first-order chi connectivity index (χ1) is 10.5. The predicted molar refractivity (Wildman–Crippen MR) is 92.2 cm³/mol. The van der Waals surface area contributed by atoms with Crippen LogP contribution >= 0.6 is 0 Å². The lowest BCUT2D eigenvalue weighted by Gasteiger charge is -2.18. The number of carbonyl (C=O) groups is 1. The molecule has 0 spiro atoms. The lowest BCUT2D eigenvalue weighted by atomic mass is 10.2. The maximum absolute atomic E-state index is 12.1. The van der Waals surface area contributed by atoms with Crippen molar-refractivity contribution in [3.8, 4) is 5.75 Å². The number of amides is 1. The Bertz CT molecular complexity index is 488. The van der Waals surface area contributed by atoms with Crippen LogP contribution in [0, 0.1) is 5.92 Å². The third kappa shape index (κ3) is 7.09. The Labute approximate surface area is 133 Å². The molecule has 1 rings (SSSR count). The third-order valence-electron chi connectivity index (χ3n) is 2.84. The van der Waals surface area contributed by atoms with Crippen molar-refractivity contribution >= 4 is 11.6 Å². The van der Waals surface area contributed by atoms with Gasteiger partial charge in [0.2, 0.25) is 5.91 Å². The number of ether oxygens (including phenoxy) is 1. The molecule has 1 aromatic carbocycles. The van der Waals surface area contributed by atoms with Crippen molar-refractivity contribution in [3.05, 3.63) is 49.6 Å². The minimum absolute atomic E-state index is 0.0651. The lowest BCUT2D eigenvalue weighted by molar-refractivity contribution is -0.117. The zero-order chi connectivity index (χ0) is 16.4. The van der Waals surface area contributed by atoms with Crippen LogP contribution in [0.4, 0.5) is 5.69 Å². The molecule has 0 saturated heterocycles. The Hall–Kier alpha value is -2.07. The van der Waals surface area contributed by atoms with E-state index in [0.29, 0.717) is 32.2 Å². The Morgan fingerprint density at radius 1 is 1.32 bits per heavy atom. The number of carbonyl (C=O) groups excluding carboxylic acids is 1. The fraction of sp³-hybridized carbons (Fsp3) is 0.389. The highest BCUT2D eigenvalue weighted by molar-refractivity contribution is 5.92. The van der Waals surface area contributed by atoms with Crippen molar-refractivity contribution in [3.63, 3.8) is 0 Å². The van der Waals surface area contributed by atoms with Crippen molar-refractivity contribution in [1.82, 2.24) is 4.90 Å². The molecule has 22 heavy (non-hydrogen) atoms. The Morgan fingerprint density at radius 3 is 2.59 bits per heavy atom. The van der Waals surface area contributed by atoms with Crippen LogP contribution in [0.2, 0.25) is 0 Å². The zero-order valence-electron chi connectivity index (χ0n) is 13.5. The molecule has 0 heterocycles. The molecule has 0 fully saturated rings. The van der Waals surface area contributed by atoms with E-state index in [-0.39, 0.29) is 5.91 Å². The number of anilines is 1. The van der Waals surface area contributed by atoms with E-state index < -0.39 is 0 Å². The molecule has 0 aliphatic carbocycles. The normalized spacial score (nSPS) is 10.5. The molecular formula is C18H26N2O2. The van der Waals surface area contributed by atoms with Crippen LogP contribution in [0.1, 0.15) is 13.8 Å². The van der Waals surface area contributed by atoms with Crippen LogP contribution < -0.4 is 10.1 Å². The number of nitrogens with one attached hydrogen (secondary N) is 1. The summed E-state index contributed by atoms with van der Waals surface area (Å²) in [6, 6.07) is 7.45. The molecule has 4 heteroatoms. The van der Waals surface area contributed by atoms with Crippen LogP contribution in [0.25, 0.3) is 0 Å². The molecule has 0 aliphatic rings. The van der Waals surface area contributed by atoms with E-state index in [1.807, 2.05) is 29.2 Å². The summed E-state index contributed by atoms with van der Waals surface area (Å²) < 4.78 is 5.66. The fourth-order valence-corrected chi connectivity index (χ4v) is 1.90. The molecule has 0 unspecified atom stereocenters. The van der Waals surface area contributed by atoms with Crippen LogP contribution in [-0.4, -0.2) is 37.0 Å². The largest absolute Gasteiger partial charge is 0.493 e. The Balaban J connectivity index is 2.57. The summed E-state index contributed by atoms with van der Waals surface area (Å²) in [6.45, 7) is 13.8. The summed E-state index contributed by atoms with van der Waals surface area (Å²) in [6.07, 6.45) is 3.55. The minimum atomic E-state index is -0.0651. The molecule has 120 valence electrons. The summed E-state index contributed by atoms with van der Waals surface area (Å²) in [5.74, 6) is 1.16. The van der Waals surface area contributed by atoms with E-state index in [1.165, 1.54) is 0 Å². The average molecular weight is 302 g/mol. The molecule has 4 nitrogen and oxygen atoms in total. The third-order valence-corrected chi connectivity index (χ3v) is 2.84. The second kappa shape index (κ2) is 9.79. The molecule has 0 aromatic heterocycles. The van der Waals surface area contributed by atoms with Gasteiger partial charge in [0.15, 0.2) is 0 Å². The average Bonchev–Trinajstić information content (AvgIpc) is 2.46. The lowest BCUT2D eigenvalue weighted by Crippen LogP contribution is -2.33. The molecule has 0 saturated carbocycles. The van der Waals surface area contributed by atoms with Crippen LogP contribution in [-0.2, 0) is 4.79 Å². The van der Waals surface area contributed by atoms with Crippen molar-refractivity contribution in [2.45, 2.75) is 13.8 Å². The first-order valence-corrected chi connectivity index (χ1v) is 7.52. The number of rotatable bonds is 10. The van der Waals surface area contributed by atoms with Crippen LogP contribution in [0.3, 0.4) is 0 Å². The van der Waals surface area contributed by atoms with Gasteiger partial charge in [0.05, 0.1) is 13.2 Å². The highest BCUT2D eigenvalue weighted by atomic mass is 16.5. The van der Waals surface area contributed by atoms with E-state index in [0.717, 1.165) is 11.4 Å². The summed E-state index contributed by atoms with van der Waals surface area (Å²) in [7, 11) is 0. The maximum Gasteiger partial charge on any atom is 0.238 e. The van der Waals surface area contributed by atoms with E-state index in [1.54, 1.807) is 12.2 Å². The topological polar surface area (TPSA) is 41.6 Å². The van der Waals surface area contributed by atoms with Gasteiger partial charge >= 0.3 is 0 Å². The number of hydrogen-bond donors (Lipinski definition) is 1. The van der Waals surface area contributed by atoms with Gasteiger partial charge in [0.25, 0.3) is 0 Å². The van der Waals surface area contributed by atoms with Gasteiger partial charge in [-0.05, 0) is 18.1 Å². The molecule has 1 aromatic rings. The van der Waals surface area contributed by atoms with Gasteiger partial charge in [-0.2, -0.15) is 0 Å². The monoisotopic (exact) mass is 302 g/mol. The smallest absolute Gasteiger partial charge is 0.238 e. The molecule has 0 bridgehead atoms. The van der Waals surface area contributed by atoms with Crippen molar-refractivity contribution in [2.24, 2.45) is 5.92 Å². The van der Waals surface area contributed by atoms with Crippen LogP contribution in [0.15, 0.2) is 49.6 Å². The highest BCUT2D eigenvalue weighted by Crippen LogP contribution is 2.18. The van der Waals surface area contributed by atoms with Gasteiger partial charge in [-0.15, -0.1) is 13.2 Å². The van der Waals surface area contributed by atoms with Crippen molar-refractivity contribution in [1.29, 1.82) is 0 Å². The number of hydrogen-bond acceptors (Lipinski definition) is 3. The van der Waals surface area contributed by atoms with E-state index in [9.17, 15) is 4.79 Å². The second-order valence-electron chi connectivity index (χ2n) is 5.55.